The Labute approximate surface area is 231 Å². The lowest BCUT2D eigenvalue weighted by Gasteiger charge is -2.34. The van der Waals surface area contributed by atoms with Gasteiger partial charge in [0.1, 0.15) is 0 Å². The Morgan fingerprint density at radius 2 is 0.975 bits per heavy atom. The van der Waals surface area contributed by atoms with Gasteiger partial charge in [-0.05, 0) is 58.7 Å². The van der Waals surface area contributed by atoms with Crippen LogP contribution in [0.4, 0.5) is 0 Å². The van der Waals surface area contributed by atoms with Crippen LogP contribution in [0.25, 0.3) is 66.1 Å². The maximum atomic E-state index is 2.55. The van der Waals surface area contributed by atoms with Crippen LogP contribution in [0, 0.1) is 6.92 Å². The van der Waals surface area contributed by atoms with Gasteiger partial charge in [0.15, 0.2) is 0 Å². The first kappa shape index (κ1) is 20.9. The Morgan fingerprint density at radius 3 is 1.52 bits per heavy atom. The molecule has 0 N–H and O–H groups in total. The molecular formula is C37H23BN2. The van der Waals surface area contributed by atoms with Crippen LogP contribution in [0.15, 0.2) is 121 Å². The van der Waals surface area contributed by atoms with Gasteiger partial charge >= 0.3 is 0 Å². The minimum absolute atomic E-state index is 0.179. The molecule has 2 nitrogen and oxygen atoms in total. The van der Waals surface area contributed by atoms with Gasteiger partial charge in [-0.1, -0.05) is 103 Å². The lowest BCUT2D eigenvalue weighted by Crippen LogP contribution is -2.59. The van der Waals surface area contributed by atoms with E-state index in [4.69, 9.17) is 0 Å². The summed E-state index contributed by atoms with van der Waals surface area (Å²) in [5.74, 6) is 0. The maximum Gasteiger partial charge on any atom is 0.252 e. The first-order chi connectivity index (χ1) is 19.8. The van der Waals surface area contributed by atoms with Crippen molar-refractivity contribution < 1.29 is 0 Å². The van der Waals surface area contributed by atoms with E-state index >= 15 is 0 Å². The van der Waals surface area contributed by atoms with Gasteiger partial charge in [-0.25, -0.2) is 0 Å². The zero-order valence-corrected chi connectivity index (χ0v) is 22.0. The standard InChI is InChI=1S/C37H23BN2/c1-22-16-18-23(19-17-22)24-20-33-35-34(21-24)40-32-15-5-3-9-26(32)28-11-7-13-30(37(28)40)38(35)29-12-6-10-27-25-8-2-4-14-31(25)39(33)36(27)29/h2-21H,1H3. The highest BCUT2D eigenvalue weighted by molar-refractivity contribution is 7.00. The van der Waals surface area contributed by atoms with Crippen molar-refractivity contribution in [1.82, 2.24) is 9.13 Å². The molecule has 3 heteroatoms. The predicted octanol–water partition coefficient (Wildman–Crippen LogP) is 7.00. The second-order valence-corrected chi connectivity index (χ2v) is 11.4. The lowest BCUT2D eigenvalue weighted by molar-refractivity contribution is 1.14. The molecule has 0 spiro atoms. The third-order valence-corrected chi connectivity index (χ3v) is 9.37. The van der Waals surface area contributed by atoms with Crippen LogP contribution in [-0.2, 0) is 0 Å². The molecule has 4 heterocycles. The zero-order chi connectivity index (χ0) is 26.1. The molecule has 2 aliphatic heterocycles. The van der Waals surface area contributed by atoms with Crippen molar-refractivity contribution in [3.63, 3.8) is 0 Å². The summed E-state index contributed by atoms with van der Waals surface area (Å²) in [6.45, 7) is 2.34. The zero-order valence-electron chi connectivity index (χ0n) is 22.0. The van der Waals surface area contributed by atoms with Crippen molar-refractivity contribution in [3.05, 3.63) is 127 Å². The van der Waals surface area contributed by atoms with Gasteiger partial charge < -0.3 is 9.13 Å². The minimum Gasteiger partial charge on any atom is -0.310 e. The van der Waals surface area contributed by atoms with Gasteiger partial charge in [0, 0.05) is 44.0 Å². The van der Waals surface area contributed by atoms with Gasteiger partial charge in [-0.15, -0.1) is 0 Å². The maximum absolute atomic E-state index is 2.55. The third-order valence-electron chi connectivity index (χ3n) is 9.37. The molecular weight excluding hydrogens is 483 g/mol. The quantitative estimate of drug-likeness (QED) is 0.212. The summed E-state index contributed by atoms with van der Waals surface area (Å²) in [4.78, 5) is 0. The van der Waals surface area contributed by atoms with Crippen molar-refractivity contribution in [2.24, 2.45) is 0 Å². The molecule has 0 fully saturated rings. The smallest absolute Gasteiger partial charge is 0.252 e. The third kappa shape index (κ3) is 2.38. The van der Waals surface area contributed by atoms with Crippen LogP contribution in [-0.4, -0.2) is 15.8 Å². The molecule has 0 amide bonds. The van der Waals surface area contributed by atoms with Crippen LogP contribution < -0.4 is 16.4 Å². The number of benzene rings is 6. The second-order valence-electron chi connectivity index (χ2n) is 11.4. The van der Waals surface area contributed by atoms with Gasteiger partial charge in [0.25, 0.3) is 6.71 Å². The molecule has 0 radical (unpaired) electrons. The fourth-order valence-electron chi connectivity index (χ4n) is 7.74. The molecule has 10 rings (SSSR count). The van der Waals surface area contributed by atoms with E-state index in [2.05, 4.69) is 137 Å². The highest BCUT2D eigenvalue weighted by atomic mass is 15.0. The second kappa shape index (κ2) is 7.14. The van der Waals surface area contributed by atoms with Crippen molar-refractivity contribution in [1.29, 1.82) is 0 Å². The number of fused-ring (bicyclic) bond motifs is 10. The monoisotopic (exact) mass is 506 g/mol. The number of hydrogen-bond donors (Lipinski definition) is 0. The van der Waals surface area contributed by atoms with Crippen LogP contribution in [0.3, 0.4) is 0 Å². The SMILES string of the molecule is Cc1ccc(-c2cc3c4c(c2)-n2c5ccccc5c5cccc(c52)B4c2cccc4c5ccccc5n-3c24)cc1. The van der Waals surface area contributed by atoms with Crippen LogP contribution in [0.5, 0.6) is 0 Å². The van der Waals surface area contributed by atoms with Crippen molar-refractivity contribution >= 4 is 66.7 Å². The Balaban J connectivity index is 1.47. The normalized spacial score (nSPS) is 13.1. The van der Waals surface area contributed by atoms with E-state index in [1.165, 1.54) is 88.1 Å². The van der Waals surface area contributed by atoms with Crippen LogP contribution in [0.2, 0.25) is 0 Å². The molecule has 0 bridgehead atoms. The topological polar surface area (TPSA) is 9.86 Å². The van der Waals surface area contributed by atoms with Crippen molar-refractivity contribution in [3.8, 4) is 22.5 Å². The average Bonchev–Trinajstić information content (AvgIpc) is 3.52. The summed E-state index contributed by atoms with van der Waals surface area (Å²) >= 11 is 0. The number of aryl methyl sites for hydroxylation is 1. The van der Waals surface area contributed by atoms with Crippen LogP contribution in [0.1, 0.15) is 5.56 Å². The fraction of sp³-hybridized carbons (Fsp3) is 0.0270. The molecule has 0 aliphatic carbocycles. The lowest BCUT2D eigenvalue weighted by atomic mass is 9.34. The van der Waals surface area contributed by atoms with Gasteiger partial charge in [0.05, 0.1) is 11.0 Å². The summed E-state index contributed by atoms with van der Waals surface area (Å²) in [5, 5.41) is 5.30. The van der Waals surface area contributed by atoms with E-state index in [0.717, 1.165) is 0 Å². The summed E-state index contributed by atoms with van der Waals surface area (Å²) in [5.41, 5.74) is 15.8. The highest BCUT2D eigenvalue weighted by Crippen LogP contribution is 2.40. The minimum atomic E-state index is 0.179. The Hall–Kier alpha value is -5.02. The summed E-state index contributed by atoms with van der Waals surface area (Å²) in [6, 6.07) is 45.5. The van der Waals surface area contributed by atoms with E-state index in [-0.39, 0.29) is 6.71 Å². The highest BCUT2D eigenvalue weighted by Gasteiger charge is 2.40. The molecule has 0 saturated carbocycles. The van der Waals surface area contributed by atoms with E-state index in [0.29, 0.717) is 0 Å². The number of aromatic nitrogens is 2. The fourth-order valence-corrected chi connectivity index (χ4v) is 7.74. The molecule has 2 aromatic heterocycles. The first-order valence-electron chi connectivity index (χ1n) is 14.1. The Kier molecular flexibility index (Phi) is 3.73. The summed E-state index contributed by atoms with van der Waals surface area (Å²) in [7, 11) is 0. The summed E-state index contributed by atoms with van der Waals surface area (Å²) in [6.07, 6.45) is 0. The molecule has 0 unspecified atom stereocenters. The first-order valence-corrected chi connectivity index (χ1v) is 14.1. The van der Waals surface area contributed by atoms with Crippen LogP contribution >= 0.6 is 0 Å². The largest absolute Gasteiger partial charge is 0.310 e. The molecule has 2 aliphatic rings. The molecule has 0 saturated heterocycles. The Bertz CT molecular complexity index is 2240. The summed E-state index contributed by atoms with van der Waals surface area (Å²) < 4.78 is 5.09. The van der Waals surface area contributed by atoms with E-state index in [9.17, 15) is 0 Å². The van der Waals surface area contributed by atoms with Gasteiger partial charge in [0.2, 0.25) is 0 Å². The molecule has 184 valence electrons. The van der Waals surface area contributed by atoms with E-state index < -0.39 is 0 Å². The molecule has 0 atom stereocenters. The van der Waals surface area contributed by atoms with Crippen molar-refractivity contribution in [2.45, 2.75) is 6.92 Å². The molecule has 8 aromatic rings. The number of nitrogens with zero attached hydrogens (tertiary/aromatic N) is 2. The number of rotatable bonds is 1. The van der Waals surface area contributed by atoms with Gasteiger partial charge in [-0.3, -0.25) is 0 Å². The predicted molar refractivity (Wildman–Crippen MR) is 170 cm³/mol. The van der Waals surface area contributed by atoms with E-state index in [1.807, 2.05) is 0 Å². The number of para-hydroxylation sites is 4. The number of hydrogen-bond acceptors (Lipinski definition) is 0. The Morgan fingerprint density at radius 1 is 0.475 bits per heavy atom. The van der Waals surface area contributed by atoms with Crippen molar-refractivity contribution in [2.75, 3.05) is 0 Å². The van der Waals surface area contributed by atoms with E-state index in [1.54, 1.807) is 0 Å². The average molecular weight is 506 g/mol. The molecule has 40 heavy (non-hydrogen) atoms. The van der Waals surface area contributed by atoms with Gasteiger partial charge in [-0.2, -0.15) is 0 Å². The molecule has 6 aromatic carbocycles.